The minimum Gasteiger partial charge on any atom is -0.0778 e. The summed E-state index contributed by atoms with van der Waals surface area (Å²) in [5, 5.41) is 2.65. The maximum Gasteiger partial charge on any atom is 0.0636 e. The fourth-order valence-corrected chi connectivity index (χ4v) is 0.836. The summed E-state index contributed by atoms with van der Waals surface area (Å²) in [6.07, 6.45) is 0. The Hall–Kier alpha value is -0.690. The number of hydrogen-bond acceptors (Lipinski definition) is 1. The first-order valence-corrected chi connectivity index (χ1v) is 3.18. The molecule has 9 heavy (non-hydrogen) atoms. The lowest BCUT2D eigenvalue weighted by atomic mass is 10.2. The van der Waals surface area contributed by atoms with Gasteiger partial charge in [0.25, 0.3) is 0 Å². The van der Waals surface area contributed by atoms with E-state index in [1.807, 2.05) is 31.2 Å². The third kappa shape index (κ3) is 1.61. The minimum atomic E-state index is 0.991. The maximum absolute atomic E-state index is 4.63. The summed E-state index contributed by atoms with van der Waals surface area (Å²) in [6, 6.07) is 7.97. The quantitative estimate of drug-likeness (QED) is 0.532. The minimum absolute atomic E-state index is 0.991. The lowest BCUT2D eigenvalue weighted by Gasteiger charge is -1.90. The van der Waals surface area contributed by atoms with Crippen molar-refractivity contribution in [3.05, 3.63) is 35.4 Å². The number of rotatable bonds is 1. The summed E-state index contributed by atoms with van der Waals surface area (Å²) in [6.45, 7) is 2.04. The van der Waals surface area contributed by atoms with Crippen LogP contribution in [0.1, 0.15) is 11.1 Å². The van der Waals surface area contributed by atoms with Gasteiger partial charge < -0.3 is 0 Å². The Morgan fingerprint density at radius 3 is 2.67 bits per heavy atom. The van der Waals surface area contributed by atoms with Crippen LogP contribution in [0.3, 0.4) is 0 Å². The lowest BCUT2D eigenvalue weighted by Crippen LogP contribution is -1.77. The van der Waals surface area contributed by atoms with Crippen molar-refractivity contribution < 1.29 is 0 Å². The summed E-state index contributed by atoms with van der Waals surface area (Å²) >= 11 is 4.63. The van der Waals surface area contributed by atoms with E-state index >= 15 is 0 Å². The van der Waals surface area contributed by atoms with Crippen LogP contribution < -0.4 is 0 Å². The van der Waals surface area contributed by atoms with Crippen molar-refractivity contribution in [2.45, 2.75) is 6.92 Å². The SMILES string of the molecule is Cc1cccc([C]=S)c1. The molecule has 0 atom stereocenters. The van der Waals surface area contributed by atoms with E-state index in [4.69, 9.17) is 0 Å². The van der Waals surface area contributed by atoms with Gasteiger partial charge in [0, 0.05) is 0 Å². The van der Waals surface area contributed by atoms with Crippen LogP contribution in [-0.2, 0) is 0 Å². The van der Waals surface area contributed by atoms with Gasteiger partial charge in [-0.25, -0.2) is 0 Å². The van der Waals surface area contributed by atoms with Crippen molar-refractivity contribution in [1.82, 2.24) is 0 Å². The lowest BCUT2D eigenvalue weighted by molar-refractivity contribution is 1.47. The van der Waals surface area contributed by atoms with Crippen LogP contribution in [0.25, 0.3) is 0 Å². The zero-order valence-corrected chi connectivity index (χ0v) is 6.03. The predicted molar refractivity (Wildman–Crippen MR) is 42.9 cm³/mol. The van der Waals surface area contributed by atoms with Crippen molar-refractivity contribution in [1.29, 1.82) is 0 Å². The summed E-state index contributed by atoms with van der Waals surface area (Å²) in [7, 11) is 0. The average Bonchev–Trinajstić information content (AvgIpc) is 1.88. The van der Waals surface area contributed by atoms with Crippen LogP contribution in [-0.4, -0.2) is 5.37 Å². The molecule has 0 heterocycles. The average molecular weight is 135 g/mol. The third-order valence-electron chi connectivity index (χ3n) is 1.14. The topological polar surface area (TPSA) is 0 Å². The van der Waals surface area contributed by atoms with Gasteiger partial charge in [0.05, 0.1) is 5.37 Å². The smallest absolute Gasteiger partial charge is 0.0636 e. The highest BCUT2D eigenvalue weighted by Gasteiger charge is 1.84. The zero-order valence-electron chi connectivity index (χ0n) is 5.22. The highest BCUT2D eigenvalue weighted by atomic mass is 32.1. The first-order chi connectivity index (χ1) is 4.33. The number of thiocarbonyl (C=S) groups is 1. The van der Waals surface area contributed by atoms with Gasteiger partial charge in [-0.15, -0.1) is 0 Å². The Labute approximate surface area is 60.5 Å². The summed E-state index contributed by atoms with van der Waals surface area (Å²) < 4.78 is 0. The number of aryl methyl sites for hydroxylation is 1. The Morgan fingerprint density at radius 2 is 2.22 bits per heavy atom. The predicted octanol–water partition coefficient (Wildman–Crippen LogP) is 2.22. The van der Waals surface area contributed by atoms with Crippen LogP contribution in [0.5, 0.6) is 0 Å². The van der Waals surface area contributed by atoms with Crippen LogP contribution in [0, 0.1) is 6.92 Å². The Kier molecular flexibility index (Phi) is 1.96. The normalized spacial score (nSPS) is 9.00. The molecule has 0 saturated heterocycles. The van der Waals surface area contributed by atoms with Crippen LogP contribution in [0.2, 0.25) is 0 Å². The van der Waals surface area contributed by atoms with E-state index in [1.165, 1.54) is 5.56 Å². The van der Waals surface area contributed by atoms with Crippen molar-refractivity contribution in [3.8, 4) is 0 Å². The first-order valence-electron chi connectivity index (χ1n) is 2.78. The molecular weight excluding hydrogens is 128 g/mol. The van der Waals surface area contributed by atoms with Crippen molar-refractivity contribution in [3.63, 3.8) is 0 Å². The second-order valence-electron chi connectivity index (χ2n) is 1.97. The van der Waals surface area contributed by atoms with E-state index in [9.17, 15) is 0 Å². The molecule has 0 aliphatic rings. The van der Waals surface area contributed by atoms with E-state index in [1.54, 1.807) is 0 Å². The van der Waals surface area contributed by atoms with Crippen molar-refractivity contribution in [2.24, 2.45) is 0 Å². The Balaban J connectivity index is 3.07. The summed E-state index contributed by atoms with van der Waals surface area (Å²) in [4.78, 5) is 0. The highest BCUT2D eigenvalue weighted by molar-refractivity contribution is 7.79. The van der Waals surface area contributed by atoms with E-state index in [0.29, 0.717) is 0 Å². The molecule has 0 spiro atoms. The molecular formula is C8H7S. The molecule has 0 nitrogen and oxygen atoms in total. The molecule has 0 saturated carbocycles. The zero-order chi connectivity index (χ0) is 6.69. The number of hydrogen-bond donors (Lipinski definition) is 0. The second-order valence-corrected chi connectivity index (χ2v) is 2.18. The molecule has 1 rings (SSSR count). The van der Waals surface area contributed by atoms with Crippen molar-refractivity contribution in [2.75, 3.05) is 0 Å². The largest absolute Gasteiger partial charge is 0.0778 e. The summed E-state index contributed by atoms with van der Waals surface area (Å²) in [5.74, 6) is 0. The monoisotopic (exact) mass is 135 g/mol. The molecule has 1 heteroatoms. The molecule has 1 radical (unpaired) electrons. The highest BCUT2D eigenvalue weighted by Crippen LogP contribution is 2.00. The molecule has 0 aromatic heterocycles. The van der Waals surface area contributed by atoms with Gasteiger partial charge in [-0.1, -0.05) is 42.0 Å². The van der Waals surface area contributed by atoms with Gasteiger partial charge in [-0.05, 0) is 12.5 Å². The van der Waals surface area contributed by atoms with Crippen LogP contribution in [0.4, 0.5) is 0 Å². The van der Waals surface area contributed by atoms with Crippen LogP contribution >= 0.6 is 12.2 Å². The second kappa shape index (κ2) is 2.74. The van der Waals surface area contributed by atoms with Gasteiger partial charge in [0.15, 0.2) is 0 Å². The summed E-state index contributed by atoms with van der Waals surface area (Å²) in [5.41, 5.74) is 2.22. The molecule has 45 valence electrons. The van der Waals surface area contributed by atoms with Gasteiger partial charge in [0.2, 0.25) is 0 Å². The fourth-order valence-electron chi connectivity index (χ4n) is 0.709. The Bertz CT molecular complexity index is 216. The molecule has 0 unspecified atom stereocenters. The third-order valence-corrected chi connectivity index (χ3v) is 1.37. The maximum atomic E-state index is 4.63. The fraction of sp³-hybridized carbons (Fsp3) is 0.125. The van der Waals surface area contributed by atoms with E-state index in [0.717, 1.165) is 5.56 Å². The van der Waals surface area contributed by atoms with Gasteiger partial charge in [-0.2, -0.15) is 0 Å². The van der Waals surface area contributed by atoms with E-state index in [-0.39, 0.29) is 0 Å². The molecule has 0 aliphatic heterocycles. The molecule has 1 aromatic rings. The Morgan fingerprint density at radius 1 is 1.44 bits per heavy atom. The molecule has 0 fully saturated rings. The molecule has 0 amide bonds. The molecule has 1 aromatic carbocycles. The molecule has 0 N–H and O–H groups in total. The van der Waals surface area contributed by atoms with E-state index in [2.05, 4.69) is 17.6 Å². The standard InChI is InChI=1S/C8H7S/c1-7-3-2-4-8(5-7)6-9/h2-5H,1H3. The number of benzene rings is 1. The van der Waals surface area contributed by atoms with Crippen molar-refractivity contribution >= 4 is 17.6 Å². The van der Waals surface area contributed by atoms with Gasteiger partial charge in [-0.3, -0.25) is 0 Å². The van der Waals surface area contributed by atoms with E-state index < -0.39 is 0 Å². The van der Waals surface area contributed by atoms with Gasteiger partial charge >= 0.3 is 0 Å². The molecule has 0 aliphatic carbocycles. The van der Waals surface area contributed by atoms with Crippen LogP contribution in [0.15, 0.2) is 24.3 Å². The first kappa shape index (κ1) is 6.43. The van der Waals surface area contributed by atoms with Gasteiger partial charge in [0.1, 0.15) is 0 Å². The molecule has 0 bridgehead atoms.